The Morgan fingerprint density at radius 3 is 2.26 bits per heavy atom. The minimum absolute atomic E-state index is 0.0293. The molecule has 2 amide bonds. The first-order chi connectivity index (χ1) is 15.1. The maximum Gasteiger partial charge on any atom is 0.407 e. The van der Waals surface area contributed by atoms with E-state index in [1.165, 1.54) is 0 Å². The standard InChI is InChI=1S/C23H22N2O6/c26-21(24-12-13-30-15-22(27)28)10-5-11-25-23(29)31-14-20-18-8-3-1-6-16(18)17-7-2-4-9-19(17)20/h1-4,6-9,20H,11-15H2,(H,24,26)(H,25,29)(H,27,28). The van der Waals surface area contributed by atoms with Crippen LogP contribution in [-0.4, -0.2) is 56.0 Å². The zero-order chi connectivity index (χ0) is 22.1. The van der Waals surface area contributed by atoms with Crippen LogP contribution in [0.25, 0.3) is 11.1 Å². The number of carboxylic acid groups (broad SMARTS) is 1. The third kappa shape index (κ3) is 6.07. The number of hydrogen-bond acceptors (Lipinski definition) is 5. The second kappa shape index (κ2) is 10.8. The molecule has 0 radical (unpaired) electrons. The first kappa shape index (κ1) is 21.9. The summed E-state index contributed by atoms with van der Waals surface area (Å²) in [5.41, 5.74) is 4.55. The molecule has 0 unspecified atom stereocenters. The van der Waals surface area contributed by atoms with Crippen LogP contribution in [0.5, 0.6) is 0 Å². The Morgan fingerprint density at radius 1 is 0.968 bits per heavy atom. The molecule has 1 aliphatic carbocycles. The van der Waals surface area contributed by atoms with Gasteiger partial charge in [0.05, 0.1) is 13.2 Å². The van der Waals surface area contributed by atoms with E-state index in [9.17, 15) is 14.4 Å². The number of benzene rings is 2. The summed E-state index contributed by atoms with van der Waals surface area (Å²) in [5, 5.41) is 13.4. The van der Waals surface area contributed by atoms with Crippen molar-refractivity contribution in [3.05, 3.63) is 59.7 Å². The predicted molar refractivity (Wildman–Crippen MR) is 112 cm³/mol. The van der Waals surface area contributed by atoms with Crippen LogP contribution in [-0.2, 0) is 19.1 Å². The Morgan fingerprint density at radius 2 is 1.61 bits per heavy atom. The highest BCUT2D eigenvalue weighted by Crippen LogP contribution is 2.44. The summed E-state index contributed by atoms with van der Waals surface area (Å²) in [4.78, 5) is 33.8. The summed E-state index contributed by atoms with van der Waals surface area (Å²) in [5.74, 6) is 3.19. The third-order valence-electron chi connectivity index (χ3n) is 4.62. The number of carboxylic acids is 1. The molecule has 0 saturated heterocycles. The lowest BCUT2D eigenvalue weighted by Gasteiger charge is -2.14. The van der Waals surface area contributed by atoms with Crippen LogP contribution in [0.2, 0.25) is 0 Å². The molecule has 2 aromatic rings. The van der Waals surface area contributed by atoms with Crippen molar-refractivity contribution in [2.45, 2.75) is 5.92 Å². The summed E-state index contributed by atoms with van der Waals surface area (Å²) in [6, 6.07) is 16.1. The molecule has 160 valence electrons. The molecule has 2 aromatic carbocycles. The monoisotopic (exact) mass is 422 g/mol. The average Bonchev–Trinajstić information content (AvgIpc) is 3.08. The molecule has 0 heterocycles. The number of alkyl carbamates (subject to hydrolysis) is 1. The Balaban J connectivity index is 1.40. The number of ether oxygens (including phenoxy) is 2. The van der Waals surface area contributed by atoms with Crippen molar-refractivity contribution < 1.29 is 29.0 Å². The van der Waals surface area contributed by atoms with E-state index in [2.05, 4.69) is 34.6 Å². The van der Waals surface area contributed by atoms with Crippen molar-refractivity contribution in [3.63, 3.8) is 0 Å². The van der Waals surface area contributed by atoms with Gasteiger partial charge in [0.2, 0.25) is 0 Å². The molecule has 0 aliphatic heterocycles. The van der Waals surface area contributed by atoms with Gasteiger partial charge in [0.25, 0.3) is 5.91 Å². The molecule has 8 heteroatoms. The van der Waals surface area contributed by atoms with E-state index in [1.54, 1.807) is 0 Å². The van der Waals surface area contributed by atoms with Crippen molar-refractivity contribution in [2.75, 3.05) is 32.9 Å². The Hall–Kier alpha value is -3.83. The third-order valence-corrected chi connectivity index (χ3v) is 4.62. The lowest BCUT2D eigenvalue weighted by Crippen LogP contribution is -2.28. The second-order valence-electron chi connectivity index (χ2n) is 6.68. The molecular weight excluding hydrogens is 400 g/mol. The summed E-state index contributed by atoms with van der Waals surface area (Å²) in [6.45, 7) is -0.0619. The lowest BCUT2D eigenvalue weighted by molar-refractivity contribution is -0.142. The van der Waals surface area contributed by atoms with E-state index in [-0.39, 0.29) is 32.2 Å². The van der Waals surface area contributed by atoms with Crippen LogP contribution < -0.4 is 10.6 Å². The fourth-order valence-corrected chi connectivity index (χ4v) is 3.33. The Labute approximate surface area is 179 Å². The molecule has 0 saturated carbocycles. The number of carbonyl (C=O) groups is 3. The fourth-order valence-electron chi connectivity index (χ4n) is 3.33. The van der Waals surface area contributed by atoms with Gasteiger partial charge in [-0.3, -0.25) is 4.79 Å². The molecule has 8 nitrogen and oxygen atoms in total. The van der Waals surface area contributed by atoms with Gasteiger partial charge in [-0.1, -0.05) is 54.5 Å². The highest BCUT2D eigenvalue weighted by Gasteiger charge is 2.28. The molecule has 1 aliphatic rings. The summed E-state index contributed by atoms with van der Waals surface area (Å²) < 4.78 is 10.2. The SMILES string of the molecule is O=C(O)COCCNC(=O)C#CCNC(=O)OCC1c2ccccc2-c2ccccc21. The van der Waals surface area contributed by atoms with E-state index in [1.807, 2.05) is 36.4 Å². The maximum absolute atomic E-state index is 12.0. The highest BCUT2D eigenvalue weighted by atomic mass is 16.5. The van der Waals surface area contributed by atoms with Gasteiger partial charge in [-0.25, -0.2) is 9.59 Å². The van der Waals surface area contributed by atoms with Gasteiger partial charge in [-0.05, 0) is 28.2 Å². The normalized spacial score (nSPS) is 11.5. The predicted octanol–water partition coefficient (Wildman–Crippen LogP) is 1.75. The molecule has 3 rings (SSSR count). The zero-order valence-electron chi connectivity index (χ0n) is 16.7. The van der Waals surface area contributed by atoms with Gasteiger partial charge in [-0.15, -0.1) is 0 Å². The first-order valence-corrected chi connectivity index (χ1v) is 9.71. The quantitative estimate of drug-likeness (QED) is 0.441. The topological polar surface area (TPSA) is 114 Å². The van der Waals surface area contributed by atoms with E-state index < -0.39 is 24.6 Å². The van der Waals surface area contributed by atoms with Gasteiger partial charge in [0.1, 0.15) is 13.2 Å². The van der Waals surface area contributed by atoms with E-state index in [4.69, 9.17) is 14.6 Å². The molecule has 0 aromatic heterocycles. The summed E-state index contributed by atoms with van der Waals surface area (Å²) >= 11 is 0. The van der Waals surface area contributed by atoms with Gasteiger partial charge >= 0.3 is 12.1 Å². The molecular formula is C23H22N2O6. The largest absolute Gasteiger partial charge is 0.480 e. The summed E-state index contributed by atoms with van der Waals surface area (Å²) in [6.07, 6.45) is -0.612. The van der Waals surface area contributed by atoms with Gasteiger partial charge in [-0.2, -0.15) is 0 Å². The van der Waals surface area contributed by atoms with Crippen LogP contribution in [0.1, 0.15) is 17.0 Å². The Kier molecular flexibility index (Phi) is 7.62. The van der Waals surface area contributed by atoms with Gasteiger partial charge < -0.3 is 25.2 Å². The number of nitrogens with one attached hydrogen (secondary N) is 2. The van der Waals surface area contributed by atoms with E-state index in [0.717, 1.165) is 22.3 Å². The second-order valence-corrected chi connectivity index (χ2v) is 6.68. The van der Waals surface area contributed by atoms with Crippen LogP contribution in [0.15, 0.2) is 48.5 Å². The minimum Gasteiger partial charge on any atom is -0.480 e. The molecule has 0 atom stereocenters. The van der Waals surface area contributed by atoms with Gasteiger partial charge in [0.15, 0.2) is 0 Å². The van der Waals surface area contributed by atoms with Crippen molar-refractivity contribution >= 4 is 18.0 Å². The first-order valence-electron chi connectivity index (χ1n) is 9.71. The molecule has 0 spiro atoms. The Bertz CT molecular complexity index is 978. The van der Waals surface area contributed by atoms with Crippen molar-refractivity contribution in [1.82, 2.24) is 10.6 Å². The lowest BCUT2D eigenvalue weighted by atomic mass is 9.98. The number of fused-ring (bicyclic) bond motifs is 3. The number of hydrogen-bond donors (Lipinski definition) is 3. The number of amides is 2. The summed E-state index contributed by atoms with van der Waals surface area (Å²) in [7, 11) is 0. The highest BCUT2D eigenvalue weighted by molar-refractivity contribution is 5.93. The molecule has 0 fully saturated rings. The van der Waals surface area contributed by atoms with Crippen molar-refractivity contribution in [2.24, 2.45) is 0 Å². The molecule has 31 heavy (non-hydrogen) atoms. The molecule has 3 N–H and O–H groups in total. The van der Waals surface area contributed by atoms with Crippen molar-refractivity contribution in [1.29, 1.82) is 0 Å². The number of aliphatic carboxylic acids is 1. The van der Waals surface area contributed by atoms with Crippen LogP contribution in [0.4, 0.5) is 4.79 Å². The number of carbonyl (C=O) groups excluding carboxylic acids is 2. The fraction of sp³-hybridized carbons (Fsp3) is 0.261. The van der Waals surface area contributed by atoms with Crippen LogP contribution >= 0.6 is 0 Å². The molecule has 0 bridgehead atoms. The van der Waals surface area contributed by atoms with Gasteiger partial charge in [0, 0.05) is 12.5 Å². The number of rotatable bonds is 8. The van der Waals surface area contributed by atoms with E-state index in [0.29, 0.717) is 0 Å². The van der Waals surface area contributed by atoms with Crippen LogP contribution in [0, 0.1) is 11.8 Å². The smallest absolute Gasteiger partial charge is 0.407 e. The average molecular weight is 422 g/mol. The maximum atomic E-state index is 12.0. The minimum atomic E-state index is -1.08. The zero-order valence-corrected chi connectivity index (χ0v) is 16.7. The van der Waals surface area contributed by atoms with Crippen molar-refractivity contribution in [3.8, 4) is 23.0 Å². The van der Waals surface area contributed by atoms with Crippen LogP contribution in [0.3, 0.4) is 0 Å². The van der Waals surface area contributed by atoms with E-state index >= 15 is 0 Å².